The van der Waals surface area contributed by atoms with Crippen molar-refractivity contribution >= 4 is 23.3 Å². The van der Waals surface area contributed by atoms with Crippen LogP contribution in [0.1, 0.15) is 24.0 Å². The Hall–Kier alpha value is -3.28. The number of hydrogen-bond acceptors (Lipinski definition) is 5. The average Bonchev–Trinajstić information content (AvgIpc) is 2.65. The second kappa shape index (κ2) is 9.27. The minimum Gasteiger partial charge on any atom is -0.462 e. The summed E-state index contributed by atoms with van der Waals surface area (Å²) in [7, 11) is 0. The summed E-state index contributed by atoms with van der Waals surface area (Å²) in [6.07, 6.45) is 1.27. The fourth-order valence-corrected chi connectivity index (χ4v) is 2.61. The third-order valence-electron chi connectivity index (χ3n) is 3.57. The normalized spacial score (nSPS) is 11.8. The van der Waals surface area contributed by atoms with Crippen molar-refractivity contribution in [1.82, 2.24) is 0 Å². The van der Waals surface area contributed by atoms with Crippen LogP contribution in [-0.4, -0.2) is 12.6 Å². The van der Waals surface area contributed by atoms with Gasteiger partial charge in [-0.3, -0.25) is 0 Å². The number of halogens is 1. The summed E-state index contributed by atoms with van der Waals surface area (Å²) in [5.41, 5.74) is 1.97. The Morgan fingerprint density at radius 2 is 2.00 bits per heavy atom. The molecule has 0 heterocycles. The van der Waals surface area contributed by atoms with Crippen LogP contribution >= 0.6 is 11.6 Å². The number of carbonyl (C=O) groups is 1. The summed E-state index contributed by atoms with van der Waals surface area (Å²) < 4.78 is 4.79. The summed E-state index contributed by atoms with van der Waals surface area (Å²) in [5, 5.41) is 21.8. The number of ether oxygens (including phenoxy) is 1. The molecule has 0 aliphatic rings. The first kappa shape index (κ1) is 19.1. The van der Waals surface area contributed by atoms with Crippen molar-refractivity contribution in [2.45, 2.75) is 12.8 Å². The van der Waals surface area contributed by atoms with E-state index in [2.05, 4.69) is 11.4 Å². The molecule has 26 heavy (non-hydrogen) atoms. The van der Waals surface area contributed by atoms with Crippen LogP contribution in [0.4, 0.5) is 5.69 Å². The highest BCUT2D eigenvalue weighted by Gasteiger charge is 2.16. The van der Waals surface area contributed by atoms with Gasteiger partial charge in [0.2, 0.25) is 0 Å². The molecule has 130 valence electrons. The van der Waals surface area contributed by atoms with E-state index < -0.39 is 11.9 Å². The lowest BCUT2D eigenvalue weighted by atomic mass is 9.92. The van der Waals surface area contributed by atoms with Gasteiger partial charge in [0.1, 0.15) is 6.07 Å². The van der Waals surface area contributed by atoms with Gasteiger partial charge in [0.15, 0.2) is 5.57 Å². The number of anilines is 1. The molecule has 0 fully saturated rings. The van der Waals surface area contributed by atoms with E-state index in [1.807, 2.05) is 30.3 Å². The lowest BCUT2D eigenvalue weighted by Crippen LogP contribution is -2.08. The number of hydrogen-bond donors (Lipinski definition) is 1. The minimum atomic E-state index is -0.696. The third-order valence-corrected chi connectivity index (χ3v) is 3.90. The number of carbonyl (C=O) groups excluding carboxylic acids is 1. The van der Waals surface area contributed by atoms with Crippen molar-refractivity contribution < 1.29 is 9.53 Å². The molecule has 0 radical (unpaired) electrons. The standard InChI is InChI=1S/C20H16ClN3O2/c1-2-26-20(25)15(11-22)13-24-16-8-9-17(19(21)10-16)18(12-23)14-6-4-3-5-7-14/h3-10,13,18,24H,2H2,1H3/b15-13+/t18-/m1/s1. The molecular formula is C20H16ClN3O2. The van der Waals surface area contributed by atoms with Gasteiger partial charge in [-0.2, -0.15) is 10.5 Å². The van der Waals surface area contributed by atoms with E-state index in [1.165, 1.54) is 6.20 Å². The van der Waals surface area contributed by atoms with Crippen LogP contribution < -0.4 is 5.32 Å². The van der Waals surface area contributed by atoms with Crippen molar-refractivity contribution in [1.29, 1.82) is 10.5 Å². The Morgan fingerprint density at radius 1 is 1.27 bits per heavy atom. The zero-order chi connectivity index (χ0) is 18.9. The van der Waals surface area contributed by atoms with Crippen molar-refractivity contribution in [2.24, 2.45) is 0 Å². The zero-order valence-corrected chi connectivity index (χ0v) is 14.8. The zero-order valence-electron chi connectivity index (χ0n) is 14.1. The summed E-state index contributed by atoms with van der Waals surface area (Å²) in [5.74, 6) is -1.18. The quantitative estimate of drug-likeness (QED) is 0.466. The van der Waals surface area contributed by atoms with Crippen molar-refractivity contribution in [2.75, 3.05) is 11.9 Å². The fourth-order valence-electron chi connectivity index (χ4n) is 2.32. The third kappa shape index (κ3) is 4.63. The van der Waals surface area contributed by atoms with Crippen LogP contribution in [0.3, 0.4) is 0 Å². The van der Waals surface area contributed by atoms with Gasteiger partial charge in [0.25, 0.3) is 0 Å². The van der Waals surface area contributed by atoms with E-state index >= 15 is 0 Å². The highest BCUT2D eigenvalue weighted by molar-refractivity contribution is 6.31. The number of nitrogens with zero attached hydrogens (tertiary/aromatic N) is 2. The first-order valence-corrected chi connectivity index (χ1v) is 8.26. The molecule has 2 rings (SSSR count). The van der Waals surface area contributed by atoms with Crippen LogP contribution in [0.2, 0.25) is 5.02 Å². The van der Waals surface area contributed by atoms with E-state index in [-0.39, 0.29) is 12.2 Å². The first-order chi connectivity index (χ1) is 12.6. The lowest BCUT2D eigenvalue weighted by molar-refractivity contribution is -0.138. The van der Waals surface area contributed by atoms with E-state index in [0.717, 1.165) is 5.56 Å². The van der Waals surface area contributed by atoms with Gasteiger partial charge in [0, 0.05) is 16.9 Å². The van der Waals surface area contributed by atoms with Gasteiger partial charge in [-0.1, -0.05) is 48.0 Å². The van der Waals surface area contributed by atoms with E-state index in [1.54, 1.807) is 31.2 Å². The van der Waals surface area contributed by atoms with Crippen LogP contribution in [0.25, 0.3) is 0 Å². The molecular weight excluding hydrogens is 350 g/mol. The summed E-state index contributed by atoms with van der Waals surface area (Å²) in [4.78, 5) is 11.6. The highest BCUT2D eigenvalue weighted by Crippen LogP contribution is 2.31. The van der Waals surface area contributed by atoms with Crippen LogP contribution in [-0.2, 0) is 9.53 Å². The Morgan fingerprint density at radius 3 is 2.58 bits per heavy atom. The molecule has 0 bridgehead atoms. The number of benzene rings is 2. The summed E-state index contributed by atoms with van der Waals surface area (Å²) in [6, 6.07) is 18.5. The Kier molecular flexibility index (Phi) is 6.79. The largest absolute Gasteiger partial charge is 0.462 e. The van der Waals surface area contributed by atoms with Crippen molar-refractivity contribution in [3.63, 3.8) is 0 Å². The van der Waals surface area contributed by atoms with Crippen LogP contribution in [0.5, 0.6) is 0 Å². The van der Waals surface area contributed by atoms with Crippen molar-refractivity contribution in [3.8, 4) is 12.1 Å². The SMILES string of the molecule is CCOC(=O)/C(C#N)=C/Nc1ccc([C@H](C#N)c2ccccc2)c(Cl)c1. The molecule has 2 aromatic rings. The molecule has 0 aliphatic heterocycles. The Labute approximate surface area is 157 Å². The topological polar surface area (TPSA) is 85.9 Å². The molecule has 0 aromatic heterocycles. The number of rotatable bonds is 6. The van der Waals surface area contributed by atoms with E-state index in [4.69, 9.17) is 21.6 Å². The number of esters is 1. The van der Waals surface area contributed by atoms with Gasteiger partial charge in [-0.15, -0.1) is 0 Å². The molecule has 1 N–H and O–H groups in total. The smallest absolute Gasteiger partial charge is 0.350 e. The molecule has 0 saturated carbocycles. The molecule has 5 nitrogen and oxygen atoms in total. The number of nitrogens with one attached hydrogen (secondary N) is 1. The summed E-state index contributed by atoms with van der Waals surface area (Å²) in [6.45, 7) is 1.85. The predicted octanol–water partition coefficient (Wildman–Crippen LogP) is 4.38. The molecule has 1 atom stereocenters. The van der Waals surface area contributed by atoms with Crippen molar-refractivity contribution in [3.05, 3.63) is 76.5 Å². The lowest BCUT2D eigenvalue weighted by Gasteiger charge is -2.13. The molecule has 6 heteroatoms. The Bertz CT molecular complexity index is 896. The first-order valence-electron chi connectivity index (χ1n) is 7.88. The summed E-state index contributed by atoms with van der Waals surface area (Å²) >= 11 is 6.35. The second-order valence-corrected chi connectivity index (χ2v) is 5.65. The number of nitriles is 2. The van der Waals surface area contributed by atoms with E-state index in [0.29, 0.717) is 16.3 Å². The molecule has 0 spiro atoms. The second-order valence-electron chi connectivity index (χ2n) is 5.24. The predicted molar refractivity (Wildman–Crippen MR) is 99.3 cm³/mol. The monoisotopic (exact) mass is 365 g/mol. The van der Waals surface area contributed by atoms with Gasteiger partial charge in [-0.25, -0.2) is 4.79 Å². The van der Waals surface area contributed by atoms with Gasteiger partial charge < -0.3 is 10.1 Å². The maximum Gasteiger partial charge on any atom is 0.350 e. The average molecular weight is 366 g/mol. The molecule has 0 unspecified atom stereocenters. The maximum absolute atomic E-state index is 11.6. The van der Waals surface area contributed by atoms with Gasteiger partial charge >= 0.3 is 5.97 Å². The minimum absolute atomic E-state index is 0.147. The van der Waals surface area contributed by atoms with E-state index in [9.17, 15) is 10.1 Å². The van der Waals surface area contributed by atoms with Gasteiger partial charge in [-0.05, 0) is 30.2 Å². The Balaban J connectivity index is 2.23. The highest BCUT2D eigenvalue weighted by atomic mass is 35.5. The van der Waals surface area contributed by atoms with Crippen LogP contribution in [0.15, 0.2) is 60.3 Å². The molecule has 0 aliphatic carbocycles. The molecule has 0 amide bonds. The fraction of sp³-hybridized carbons (Fsp3) is 0.150. The molecule has 2 aromatic carbocycles. The maximum atomic E-state index is 11.6. The van der Waals surface area contributed by atoms with Gasteiger partial charge in [0.05, 0.1) is 18.6 Å². The molecule has 0 saturated heterocycles. The van der Waals surface area contributed by atoms with Crippen LogP contribution in [0, 0.1) is 22.7 Å².